The molecule has 28 heavy (non-hydrogen) atoms. The molecule has 1 saturated heterocycles. The monoisotopic (exact) mass is 393 g/mol. The molecule has 1 atom stereocenters. The van der Waals surface area contributed by atoms with Crippen molar-refractivity contribution in [1.82, 2.24) is 9.88 Å². The lowest BCUT2D eigenvalue weighted by atomic mass is 10.00. The first-order chi connectivity index (χ1) is 13.7. The van der Waals surface area contributed by atoms with E-state index in [0.717, 1.165) is 54.6 Å². The van der Waals surface area contributed by atoms with Gasteiger partial charge in [-0.25, -0.2) is 0 Å². The third-order valence-electron chi connectivity index (χ3n) is 5.30. The van der Waals surface area contributed by atoms with Crippen LogP contribution in [0.1, 0.15) is 22.8 Å². The molecule has 1 unspecified atom stereocenters. The second-order valence-corrected chi connectivity index (χ2v) is 7.51. The summed E-state index contributed by atoms with van der Waals surface area (Å²) in [5.74, 6) is 0. The van der Waals surface area contributed by atoms with Gasteiger partial charge in [0.25, 0.3) is 0 Å². The number of aromatic nitrogens is 1. The minimum absolute atomic E-state index is 0.675. The van der Waals surface area contributed by atoms with E-state index in [-0.39, 0.29) is 0 Å². The molecule has 1 aromatic heterocycles. The Morgan fingerprint density at radius 2 is 1.68 bits per heavy atom. The number of pyridine rings is 1. The van der Waals surface area contributed by atoms with Crippen molar-refractivity contribution in [3.05, 3.63) is 94.8 Å². The van der Waals surface area contributed by atoms with Gasteiger partial charge in [-0.3, -0.25) is 9.88 Å². The quantitative estimate of drug-likeness (QED) is 0.707. The van der Waals surface area contributed by atoms with E-state index in [4.69, 9.17) is 11.6 Å². The number of anilines is 1. The summed E-state index contributed by atoms with van der Waals surface area (Å²) >= 11 is 6.31. The molecule has 4 rings (SSSR count). The van der Waals surface area contributed by atoms with Crippen molar-refractivity contribution in [3.8, 4) is 0 Å². The number of para-hydroxylation sites is 1. The van der Waals surface area contributed by atoms with E-state index in [0.29, 0.717) is 0 Å². The number of hydrogen-bond donors (Lipinski definition) is 1. The molecule has 0 bridgehead atoms. The van der Waals surface area contributed by atoms with Crippen LogP contribution in [0.5, 0.6) is 0 Å². The molecule has 0 aliphatic carbocycles. The molecule has 3 aromatic rings. The Bertz CT molecular complexity index is 910. The summed E-state index contributed by atoms with van der Waals surface area (Å²) in [6.45, 7) is 4.63. The summed E-state index contributed by atoms with van der Waals surface area (Å²) in [7, 11) is 0. The molecule has 0 saturated carbocycles. The van der Waals surface area contributed by atoms with Crippen molar-refractivity contribution in [2.45, 2.75) is 12.6 Å². The van der Waals surface area contributed by atoms with E-state index in [1.807, 2.05) is 48.5 Å². The fourth-order valence-electron chi connectivity index (χ4n) is 3.74. The van der Waals surface area contributed by atoms with Crippen LogP contribution in [0.4, 0.5) is 5.69 Å². The van der Waals surface area contributed by atoms with Gasteiger partial charge in [0.15, 0.2) is 0 Å². The van der Waals surface area contributed by atoms with Crippen LogP contribution in [0, 0.1) is 0 Å². The van der Waals surface area contributed by atoms with Crippen molar-refractivity contribution in [2.75, 3.05) is 31.1 Å². The molecule has 1 N–H and O–H groups in total. The minimum Gasteiger partial charge on any atom is -0.384 e. The van der Waals surface area contributed by atoms with Crippen LogP contribution in [0.15, 0.2) is 73.1 Å². The SMILES string of the molecule is OC(c1cccnc1)c1ccccc1N1CCN(Cc2ccccc2Cl)CC1. The number of hydrogen-bond acceptors (Lipinski definition) is 4. The fraction of sp³-hybridized carbons (Fsp3) is 0.261. The van der Waals surface area contributed by atoms with Gasteiger partial charge in [-0.2, -0.15) is 0 Å². The summed E-state index contributed by atoms with van der Waals surface area (Å²) in [6.07, 6.45) is 2.77. The lowest BCUT2D eigenvalue weighted by Crippen LogP contribution is -2.46. The Labute approximate surface area is 171 Å². The summed E-state index contributed by atoms with van der Waals surface area (Å²) < 4.78 is 0. The predicted octanol–water partition coefficient (Wildman–Crippen LogP) is 4.14. The second-order valence-electron chi connectivity index (χ2n) is 7.10. The highest BCUT2D eigenvalue weighted by atomic mass is 35.5. The van der Waals surface area contributed by atoms with Crippen molar-refractivity contribution in [3.63, 3.8) is 0 Å². The van der Waals surface area contributed by atoms with Crippen LogP contribution in [0.2, 0.25) is 5.02 Å². The van der Waals surface area contributed by atoms with E-state index in [9.17, 15) is 5.11 Å². The molecular formula is C23H24ClN3O. The van der Waals surface area contributed by atoms with Crippen molar-refractivity contribution < 1.29 is 5.11 Å². The topological polar surface area (TPSA) is 39.6 Å². The number of nitrogens with zero attached hydrogens (tertiary/aromatic N) is 3. The maximum atomic E-state index is 10.9. The van der Waals surface area contributed by atoms with Gasteiger partial charge in [0, 0.05) is 67.0 Å². The Hall–Kier alpha value is -2.40. The second kappa shape index (κ2) is 8.74. The van der Waals surface area contributed by atoms with Crippen LogP contribution in [-0.2, 0) is 6.54 Å². The fourth-order valence-corrected chi connectivity index (χ4v) is 3.93. The maximum Gasteiger partial charge on any atom is 0.108 e. The molecule has 0 spiro atoms. The molecule has 1 aliphatic rings. The summed E-state index contributed by atoms with van der Waals surface area (Å²) in [4.78, 5) is 8.93. The van der Waals surface area contributed by atoms with Gasteiger partial charge in [0.2, 0.25) is 0 Å². The molecule has 144 valence electrons. The Balaban J connectivity index is 1.46. The third kappa shape index (κ3) is 4.20. The largest absolute Gasteiger partial charge is 0.384 e. The smallest absolute Gasteiger partial charge is 0.108 e. The van der Waals surface area contributed by atoms with Gasteiger partial charge in [-0.05, 0) is 23.8 Å². The Morgan fingerprint density at radius 1 is 0.929 bits per heavy atom. The predicted molar refractivity (Wildman–Crippen MR) is 114 cm³/mol. The van der Waals surface area contributed by atoms with Crippen LogP contribution >= 0.6 is 11.6 Å². The molecule has 2 aromatic carbocycles. The zero-order valence-electron chi connectivity index (χ0n) is 15.7. The van der Waals surface area contributed by atoms with Crippen LogP contribution in [0.3, 0.4) is 0 Å². The molecule has 5 heteroatoms. The number of piperazine rings is 1. The Kier molecular flexibility index (Phi) is 5.91. The van der Waals surface area contributed by atoms with Crippen LogP contribution in [-0.4, -0.2) is 41.2 Å². The first kappa shape index (κ1) is 18.9. The van der Waals surface area contributed by atoms with Crippen LogP contribution in [0.25, 0.3) is 0 Å². The lowest BCUT2D eigenvalue weighted by Gasteiger charge is -2.37. The highest BCUT2D eigenvalue weighted by Crippen LogP contribution is 2.31. The van der Waals surface area contributed by atoms with Crippen molar-refractivity contribution >= 4 is 17.3 Å². The number of aliphatic hydroxyl groups is 1. The van der Waals surface area contributed by atoms with E-state index in [1.54, 1.807) is 12.4 Å². The molecule has 1 aliphatic heterocycles. The molecule has 4 nitrogen and oxygen atoms in total. The normalized spacial score (nSPS) is 16.1. The summed E-state index contributed by atoms with van der Waals surface area (Å²) in [5.41, 5.74) is 4.00. The van der Waals surface area contributed by atoms with Gasteiger partial charge in [-0.1, -0.05) is 54.1 Å². The summed E-state index contributed by atoms with van der Waals surface area (Å²) in [5, 5.41) is 11.7. The van der Waals surface area contributed by atoms with Gasteiger partial charge in [0.1, 0.15) is 6.10 Å². The highest BCUT2D eigenvalue weighted by Gasteiger charge is 2.22. The average Bonchev–Trinajstić information content (AvgIpc) is 2.76. The molecular weight excluding hydrogens is 370 g/mol. The van der Waals surface area contributed by atoms with E-state index < -0.39 is 6.10 Å². The highest BCUT2D eigenvalue weighted by molar-refractivity contribution is 6.31. The van der Waals surface area contributed by atoms with Gasteiger partial charge >= 0.3 is 0 Å². The average molecular weight is 394 g/mol. The molecule has 2 heterocycles. The molecule has 1 fully saturated rings. The first-order valence-electron chi connectivity index (χ1n) is 9.60. The number of rotatable bonds is 5. The summed E-state index contributed by atoms with van der Waals surface area (Å²) in [6, 6.07) is 19.9. The minimum atomic E-state index is -0.675. The van der Waals surface area contributed by atoms with E-state index >= 15 is 0 Å². The number of aliphatic hydroxyl groups excluding tert-OH is 1. The standard InChI is InChI=1S/C23H24ClN3O/c24-21-9-3-1-6-19(21)17-26-12-14-27(15-13-26)22-10-4-2-8-20(22)23(28)18-7-5-11-25-16-18/h1-11,16,23,28H,12-15,17H2. The first-order valence-corrected chi connectivity index (χ1v) is 9.98. The van der Waals surface area contributed by atoms with Crippen LogP contribution < -0.4 is 4.90 Å². The van der Waals surface area contributed by atoms with E-state index in [2.05, 4.69) is 26.9 Å². The Morgan fingerprint density at radius 3 is 2.43 bits per heavy atom. The maximum absolute atomic E-state index is 10.9. The van der Waals surface area contributed by atoms with Gasteiger partial charge in [-0.15, -0.1) is 0 Å². The van der Waals surface area contributed by atoms with Crippen molar-refractivity contribution in [1.29, 1.82) is 0 Å². The lowest BCUT2D eigenvalue weighted by molar-refractivity contribution is 0.218. The molecule has 0 amide bonds. The number of halogens is 1. The van der Waals surface area contributed by atoms with Crippen molar-refractivity contribution in [2.24, 2.45) is 0 Å². The zero-order valence-corrected chi connectivity index (χ0v) is 16.5. The number of benzene rings is 2. The van der Waals surface area contributed by atoms with Gasteiger partial charge < -0.3 is 10.0 Å². The molecule has 0 radical (unpaired) electrons. The zero-order chi connectivity index (χ0) is 19.3. The third-order valence-corrected chi connectivity index (χ3v) is 5.66. The van der Waals surface area contributed by atoms with E-state index in [1.165, 1.54) is 5.56 Å². The van der Waals surface area contributed by atoms with Gasteiger partial charge in [0.05, 0.1) is 0 Å².